The van der Waals surface area contributed by atoms with E-state index >= 15 is 0 Å². The van der Waals surface area contributed by atoms with Crippen LogP contribution in [0.3, 0.4) is 0 Å². The minimum Gasteiger partial charge on any atom is -0.474 e. The average Bonchev–Trinajstić information content (AvgIpc) is 3.45. The summed E-state index contributed by atoms with van der Waals surface area (Å²) < 4.78 is 49.2. The number of aromatic nitrogens is 5. The average molecular weight is 538 g/mol. The molecule has 0 aliphatic heterocycles. The SMILES string of the molecule is COC(=O)CC1CCC(Oc2ccc(-c3ccc(-c4n[nH]c(-c5ccc(C(F)(F)F)cc5)n4)cn3)cn2)CC1. The molecule has 0 spiro atoms. The second-order valence-corrected chi connectivity index (χ2v) is 9.44. The van der Waals surface area contributed by atoms with Gasteiger partial charge in [0.1, 0.15) is 6.10 Å². The lowest BCUT2D eigenvalue weighted by Gasteiger charge is -2.28. The van der Waals surface area contributed by atoms with Gasteiger partial charge in [0.2, 0.25) is 5.88 Å². The molecule has 0 amide bonds. The number of carbonyl (C=O) groups excluding carboxylic acids is 1. The number of benzene rings is 1. The molecule has 0 atom stereocenters. The van der Waals surface area contributed by atoms with E-state index in [0.717, 1.165) is 43.4 Å². The molecule has 1 aliphatic carbocycles. The zero-order valence-corrected chi connectivity index (χ0v) is 21.1. The number of rotatable bonds is 7. The first kappa shape index (κ1) is 26.3. The molecule has 0 saturated heterocycles. The van der Waals surface area contributed by atoms with Gasteiger partial charge in [-0.05, 0) is 61.9 Å². The Hall–Kier alpha value is -4.28. The molecule has 1 fully saturated rings. The van der Waals surface area contributed by atoms with Crippen LogP contribution in [0.2, 0.25) is 0 Å². The number of hydrogen-bond donors (Lipinski definition) is 1. The Labute approximate surface area is 222 Å². The molecular weight excluding hydrogens is 511 g/mol. The molecule has 3 heterocycles. The molecule has 1 N–H and O–H groups in total. The van der Waals surface area contributed by atoms with Crippen LogP contribution in [0.25, 0.3) is 34.0 Å². The number of ether oxygens (including phenoxy) is 2. The topological polar surface area (TPSA) is 103 Å². The van der Waals surface area contributed by atoms with E-state index in [0.29, 0.717) is 46.7 Å². The van der Waals surface area contributed by atoms with Gasteiger partial charge in [-0.2, -0.15) is 18.3 Å². The number of hydrogen-bond acceptors (Lipinski definition) is 7. The summed E-state index contributed by atoms with van der Waals surface area (Å²) in [6, 6.07) is 12.1. The maximum Gasteiger partial charge on any atom is 0.416 e. The van der Waals surface area contributed by atoms with Crippen molar-refractivity contribution in [3.63, 3.8) is 0 Å². The first-order valence-electron chi connectivity index (χ1n) is 12.5. The number of nitrogens with one attached hydrogen (secondary N) is 1. The number of alkyl halides is 3. The van der Waals surface area contributed by atoms with Gasteiger partial charge in [0.05, 0.1) is 18.4 Å². The summed E-state index contributed by atoms with van der Waals surface area (Å²) >= 11 is 0. The quantitative estimate of drug-likeness (QED) is 0.284. The molecule has 1 aromatic carbocycles. The minimum atomic E-state index is -4.39. The Morgan fingerprint density at radius 2 is 1.62 bits per heavy atom. The predicted molar refractivity (Wildman–Crippen MR) is 136 cm³/mol. The van der Waals surface area contributed by atoms with Crippen LogP contribution in [-0.2, 0) is 15.7 Å². The van der Waals surface area contributed by atoms with Gasteiger partial charge >= 0.3 is 12.1 Å². The maximum absolute atomic E-state index is 12.8. The normalized spacial score (nSPS) is 17.5. The van der Waals surface area contributed by atoms with E-state index < -0.39 is 11.7 Å². The van der Waals surface area contributed by atoms with Crippen LogP contribution in [0.1, 0.15) is 37.7 Å². The third-order valence-corrected chi connectivity index (χ3v) is 6.79. The third kappa shape index (κ3) is 6.42. The second kappa shape index (κ2) is 11.2. The lowest BCUT2D eigenvalue weighted by molar-refractivity contribution is -0.142. The first-order chi connectivity index (χ1) is 18.8. The Morgan fingerprint density at radius 1 is 0.923 bits per heavy atom. The second-order valence-electron chi connectivity index (χ2n) is 9.44. The van der Waals surface area contributed by atoms with E-state index in [1.165, 1.54) is 19.2 Å². The zero-order chi connectivity index (χ0) is 27.4. The van der Waals surface area contributed by atoms with Crippen molar-refractivity contribution in [1.29, 1.82) is 0 Å². The molecule has 39 heavy (non-hydrogen) atoms. The first-order valence-corrected chi connectivity index (χ1v) is 12.5. The number of pyridine rings is 2. The van der Waals surface area contributed by atoms with Crippen molar-refractivity contribution in [3.05, 3.63) is 66.5 Å². The summed E-state index contributed by atoms with van der Waals surface area (Å²) in [5.74, 6) is 1.46. The lowest BCUT2D eigenvalue weighted by Crippen LogP contribution is -2.25. The highest BCUT2D eigenvalue weighted by Crippen LogP contribution is 2.32. The molecule has 0 radical (unpaired) electrons. The Bertz CT molecular complexity index is 1400. The molecule has 4 aromatic rings. The number of nitrogens with zero attached hydrogens (tertiary/aromatic N) is 4. The fourth-order valence-corrected chi connectivity index (χ4v) is 4.58. The van der Waals surface area contributed by atoms with Crippen molar-refractivity contribution < 1.29 is 27.4 Å². The molecule has 8 nitrogen and oxygen atoms in total. The summed E-state index contributed by atoms with van der Waals surface area (Å²) in [7, 11) is 1.41. The van der Waals surface area contributed by atoms with E-state index in [-0.39, 0.29) is 12.1 Å². The van der Waals surface area contributed by atoms with Crippen molar-refractivity contribution in [2.45, 2.75) is 44.4 Å². The van der Waals surface area contributed by atoms with Gasteiger partial charge in [-0.1, -0.05) is 12.1 Å². The van der Waals surface area contributed by atoms with E-state index in [2.05, 4.69) is 25.1 Å². The van der Waals surface area contributed by atoms with Crippen molar-refractivity contribution in [2.75, 3.05) is 7.11 Å². The van der Waals surface area contributed by atoms with Crippen LogP contribution in [-0.4, -0.2) is 44.3 Å². The summed E-state index contributed by atoms with van der Waals surface area (Å²) in [6.45, 7) is 0. The maximum atomic E-state index is 12.8. The van der Waals surface area contributed by atoms with Crippen LogP contribution in [0, 0.1) is 5.92 Å². The van der Waals surface area contributed by atoms with Crippen molar-refractivity contribution in [3.8, 4) is 39.9 Å². The van der Waals surface area contributed by atoms with Gasteiger partial charge in [-0.15, -0.1) is 0 Å². The van der Waals surface area contributed by atoms with Crippen molar-refractivity contribution in [2.24, 2.45) is 5.92 Å². The molecule has 1 aliphatic rings. The van der Waals surface area contributed by atoms with Crippen LogP contribution in [0.15, 0.2) is 60.9 Å². The smallest absolute Gasteiger partial charge is 0.416 e. The number of halogens is 3. The standard InChI is InChI=1S/C28H26F3N5O3/c1-38-25(37)14-17-2-10-22(11-3-17)39-24-13-7-19(15-33-24)23-12-6-20(16-32-23)27-34-26(35-36-27)18-4-8-21(9-5-18)28(29,30)31/h4-9,12-13,15-17,22H,2-3,10-11,14H2,1H3,(H,34,35,36). The van der Waals surface area contributed by atoms with Crippen LogP contribution in [0.4, 0.5) is 13.2 Å². The number of carbonyl (C=O) groups is 1. The van der Waals surface area contributed by atoms with E-state index in [1.54, 1.807) is 12.4 Å². The summed E-state index contributed by atoms with van der Waals surface area (Å²) in [5.41, 5.74) is 1.95. The van der Waals surface area contributed by atoms with Crippen LogP contribution >= 0.6 is 0 Å². The molecular formula is C28H26F3N5O3. The van der Waals surface area contributed by atoms with Crippen LogP contribution in [0.5, 0.6) is 5.88 Å². The number of esters is 1. The van der Waals surface area contributed by atoms with Gasteiger partial charge in [0, 0.05) is 41.6 Å². The number of H-pyrrole nitrogens is 1. The molecule has 0 bridgehead atoms. The number of methoxy groups -OCH3 is 1. The predicted octanol–water partition coefficient (Wildman–Crippen LogP) is 6.12. The highest BCUT2D eigenvalue weighted by atomic mass is 19.4. The minimum absolute atomic E-state index is 0.0727. The highest BCUT2D eigenvalue weighted by Gasteiger charge is 2.30. The fourth-order valence-electron chi connectivity index (χ4n) is 4.58. The zero-order valence-electron chi connectivity index (χ0n) is 21.1. The molecule has 11 heteroatoms. The van der Waals surface area contributed by atoms with Crippen LogP contribution < -0.4 is 4.74 Å². The Morgan fingerprint density at radius 3 is 2.23 bits per heavy atom. The summed E-state index contributed by atoms with van der Waals surface area (Å²) in [5, 5.41) is 6.94. The highest BCUT2D eigenvalue weighted by molar-refractivity contribution is 5.69. The third-order valence-electron chi connectivity index (χ3n) is 6.79. The van der Waals surface area contributed by atoms with Crippen molar-refractivity contribution >= 4 is 5.97 Å². The van der Waals surface area contributed by atoms with Gasteiger partial charge in [0.15, 0.2) is 11.6 Å². The molecule has 1 saturated carbocycles. The fraction of sp³-hybridized carbons (Fsp3) is 0.321. The molecule has 5 rings (SSSR count). The Kier molecular flexibility index (Phi) is 7.58. The van der Waals surface area contributed by atoms with E-state index in [4.69, 9.17) is 9.47 Å². The molecule has 0 unspecified atom stereocenters. The Balaban J connectivity index is 1.18. The van der Waals surface area contributed by atoms with Gasteiger partial charge in [-0.3, -0.25) is 14.9 Å². The largest absolute Gasteiger partial charge is 0.474 e. The molecule has 202 valence electrons. The van der Waals surface area contributed by atoms with Gasteiger partial charge in [0.25, 0.3) is 0 Å². The lowest BCUT2D eigenvalue weighted by atomic mass is 9.85. The monoisotopic (exact) mass is 537 g/mol. The van der Waals surface area contributed by atoms with E-state index in [9.17, 15) is 18.0 Å². The molecule has 3 aromatic heterocycles. The van der Waals surface area contributed by atoms with Gasteiger partial charge < -0.3 is 9.47 Å². The summed E-state index contributed by atoms with van der Waals surface area (Å²) in [4.78, 5) is 24.8. The van der Waals surface area contributed by atoms with Gasteiger partial charge in [-0.25, -0.2) is 9.97 Å². The summed E-state index contributed by atoms with van der Waals surface area (Å²) in [6.07, 6.45) is 3.06. The number of aromatic amines is 1. The van der Waals surface area contributed by atoms with Crippen molar-refractivity contribution in [1.82, 2.24) is 25.1 Å². The van der Waals surface area contributed by atoms with E-state index in [1.807, 2.05) is 24.3 Å².